The Morgan fingerprint density at radius 2 is 2.09 bits per heavy atom. The largest absolute Gasteiger partial charge is 0.334 e. The van der Waals surface area contributed by atoms with Crippen LogP contribution in [0.2, 0.25) is 0 Å². The van der Waals surface area contributed by atoms with Crippen molar-refractivity contribution in [1.29, 1.82) is 0 Å². The van der Waals surface area contributed by atoms with E-state index >= 15 is 0 Å². The lowest BCUT2D eigenvalue weighted by Crippen LogP contribution is -2.18. The van der Waals surface area contributed by atoms with Crippen LogP contribution >= 0.6 is 0 Å². The second-order valence-electron chi connectivity index (χ2n) is 6.20. The highest BCUT2D eigenvalue weighted by Crippen LogP contribution is 2.31. The SMILES string of the molecule is Cc1cc(F)cc(C2CCn3cc(-c4ccccn4)nc3C2)c1. The lowest BCUT2D eigenvalue weighted by molar-refractivity contribution is 0.463. The van der Waals surface area contributed by atoms with Crippen LogP contribution in [-0.2, 0) is 13.0 Å². The van der Waals surface area contributed by atoms with Gasteiger partial charge in [0.15, 0.2) is 0 Å². The molecule has 0 saturated heterocycles. The van der Waals surface area contributed by atoms with E-state index in [-0.39, 0.29) is 5.82 Å². The normalized spacial score (nSPS) is 17.0. The summed E-state index contributed by atoms with van der Waals surface area (Å²) in [6.45, 7) is 2.85. The maximum Gasteiger partial charge on any atom is 0.123 e. The third-order valence-electron chi connectivity index (χ3n) is 4.47. The summed E-state index contributed by atoms with van der Waals surface area (Å²) in [6, 6.07) is 11.2. The molecule has 1 atom stereocenters. The number of aryl methyl sites for hydroxylation is 2. The van der Waals surface area contributed by atoms with Crippen LogP contribution < -0.4 is 0 Å². The monoisotopic (exact) mass is 307 g/mol. The number of pyridine rings is 1. The fourth-order valence-corrected chi connectivity index (χ4v) is 3.35. The zero-order valence-corrected chi connectivity index (χ0v) is 13.0. The summed E-state index contributed by atoms with van der Waals surface area (Å²) in [6.07, 6.45) is 5.71. The zero-order chi connectivity index (χ0) is 15.8. The van der Waals surface area contributed by atoms with Crippen molar-refractivity contribution in [2.75, 3.05) is 0 Å². The minimum Gasteiger partial charge on any atom is -0.334 e. The Hall–Kier alpha value is -2.49. The van der Waals surface area contributed by atoms with Gasteiger partial charge in [-0.25, -0.2) is 9.37 Å². The highest BCUT2D eigenvalue weighted by Gasteiger charge is 2.23. The first-order valence-corrected chi connectivity index (χ1v) is 7.93. The average molecular weight is 307 g/mol. The quantitative estimate of drug-likeness (QED) is 0.713. The van der Waals surface area contributed by atoms with Crippen molar-refractivity contribution in [3.05, 3.63) is 71.6 Å². The van der Waals surface area contributed by atoms with Crippen molar-refractivity contribution in [3.8, 4) is 11.4 Å². The molecular formula is C19H18FN3. The summed E-state index contributed by atoms with van der Waals surface area (Å²) in [5.41, 5.74) is 3.86. The lowest BCUT2D eigenvalue weighted by atomic mass is 9.89. The third-order valence-corrected chi connectivity index (χ3v) is 4.47. The molecule has 116 valence electrons. The molecule has 1 aromatic carbocycles. The van der Waals surface area contributed by atoms with Crippen LogP contribution in [0, 0.1) is 12.7 Å². The molecule has 4 heteroatoms. The highest BCUT2D eigenvalue weighted by atomic mass is 19.1. The number of aromatic nitrogens is 3. The van der Waals surface area contributed by atoms with E-state index in [0.717, 1.165) is 47.7 Å². The van der Waals surface area contributed by atoms with Gasteiger partial charge in [0, 0.05) is 25.4 Å². The summed E-state index contributed by atoms with van der Waals surface area (Å²) in [5.74, 6) is 1.24. The van der Waals surface area contributed by atoms with Gasteiger partial charge in [0.05, 0.1) is 5.69 Å². The van der Waals surface area contributed by atoms with Crippen LogP contribution in [0.15, 0.2) is 48.8 Å². The molecule has 4 rings (SSSR count). The van der Waals surface area contributed by atoms with Gasteiger partial charge in [-0.2, -0.15) is 0 Å². The van der Waals surface area contributed by atoms with Crippen molar-refractivity contribution >= 4 is 0 Å². The molecule has 3 aromatic rings. The second-order valence-corrected chi connectivity index (χ2v) is 6.20. The smallest absolute Gasteiger partial charge is 0.123 e. The zero-order valence-electron chi connectivity index (χ0n) is 13.0. The summed E-state index contributed by atoms with van der Waals surface area (Å²) in [7, 11) is 0. The summed E-state index contributed by atoms with van der Waals surface area (Å²) in [5, 5.41) is 0. The fraction of sp³-hybridized carbons (Fsp3) is 0.263. The number of hydrogen-bond acceptors (Lipinski definition) is 2. The van der Waals surface area contributed by atoms with Crippen molar-refractivity contribution in [2.24, 2.45) is 0 Å². The van der Waals surface area contributed by atoms with E-state index in [0.29, 0.717) is 5.92 Å². The number of halogens is 1. The standard InChI is InChI=1S/C19H18FN3/c1-13-8-15(10-16(20)9-13)14-5-7-23-12-18(22-19(23)11-14)17-4-2-3-6-21-17/h2-4,6,8-10,12,14H,5,7,11H2,1H3. The van der Waals surface area contributed by atoms with Gasteiger partial charge < -0.3 is 4.57 Å². The first-order chi connectivity index (χ1) is 11.2. The Bertz CT molecular complexity index is 819. The summed E-state index contributed by atoms with van der Waals surface area (Å²) >= 11 is 0. The number of rotatable bonds is 2. The Morgan fingerprint density at radius 3 is 2.87 bits per heavy atom. The van der Waals surface area contributed by atoms with E-state index < -0.39 is 0 Å². The minimum absolute atomic E-state index is 0.150. The second kappa shape index (κ2) is 5.61. The first-order valence-electron chi connectivity index (χ1n) is 7.93. The first kappa shape index (κ1) is 14.1. The van der Waals surface area contributed by atoms with Gasteiger partial charge in [0.1, 0.15) is 17.3 Å². The Labute approximate surface area is 134 Å². The molecule has 1 aliphatic rings. The average Bonchev–Trinajstić information content (AvgIpc) is 2.98. The van der Waals surface area contributed by atoms with Crippen LogP contribution in [0.4, 0.5) is 4.39 Å². The fourth-order valence-electron chi connectivity index (χ4n) is 3.35. The van der Waals surface area contributed by atoms with E-state index in [1.807, 2.05) is 25.1 Å². The van der Waals surface area contributed by atoms with Crippen LogP contribution in [0.5, 0.6) is 0 Å². The molecule has 3 heterocycles. The molecule has 0 radical (unpaired) electrons. The van der Waals surface area contributed by atoms with Gasteiger partial charge in [-0.15, -0.1) is 0 Å². The predicted molar refractivity (Wildman–Crippen MR) is 87.7 cm³/mol. The number of benzene rings is 1. The molecule has 0 saturated carbocycles. The Morgan fingerprint density at radius 1 is 1.17 bits per heavy atom. The highest BCUT2D eigenvalue weighted by molar-refractivity contribution is 5.53. The molecule has 0 N–H and O–H groups in total. The van der Waals surface area contributed by atoms with E-state index in [9.17, 15) is 4.39 Å². The van der Waals surface area contributed by atoms with Crippen molar-refractivity contribution in [1.82, 2.24) is 14.5 Å². The summed E-state index contributed by atoms with van der Waals surface area (Å²) < 4.78 is 15.9. The molecular weight excluding hydrogens is 289 g/mol. The number of hydrogen-bond donors (Lipinski definition) is 0. The topological polar surface area (TPSA) is 30.7 Å². The molecule has 1 aliphatic heterocycles. The van der Waals surface area contributed by atoms with Gasteiger partial charge in [-0.1, -0.05) is 12.1 Å². The van der Waals surface area contributed by atoms with Crippen molar-refractivity contribution in [3.63, 3.8) is 0 Å². The molecule has 0 amide bonds. The molecule has 2 aromatic heterocycles. The molecule has 0 fully saturated rings. The van der Waals surface area contributed by atoms with Gasteiger partial charge >= 0.3 is 0 Å². The van der Waals surface area contributed by atoms with Crippen LogP contribution in [0.1, 0.15) is 29.3 Å². The predicted octanol–water partition coefficient (Wildman–Crippen LogP) is 4.12. The minimum atomic E-state index is -0.150. The molecule has 23 heavy (non-hydrogen) atoms. The van der Waals surface area contributed by atoms with Crippen LogP contribution in [-0.4, -0.2) is 14.5 Å². The Balaban J connectivity index is 1.63. The molecule has 3 nitrogen and oxygen atoms in total. The van der Waals surface area contributed by atoms with E-state index in [1.165, 1.54) is 0 Å². The van der Waals surface area contributed by atoms with E-state index in [1.54, 1.807) is 18.3 Å². The van der Waals surface area contributed by atoms with Gasteiger partial charge in [-0.05, 0) is 54.7 Å². The van der Waals surface area contributed by atoms with Crippen LogP contribution in [0.3, 0.4) is 0 Å². The lowest BCUT2D eigenvalue weighted by Gasteiger charge is -2.24. The maximum atomic E-state index is 13.7. The van der Waals surface area contributed by atoms with Crippen molar-refractivity contribution < 1.29 is 4.39 Å². The third kappa shape index (κ3) is 2.77. The molecule has 0 spiro atoms. The molecule has 0 aliphatic carbocycles. The van der Waals surface area contributed by atoms with E-state index in [2.05, 4.69) is 21.8 Å². The van der Waals surface area contributed by atoms with E-state index in [4.69, 9.17) is 4.98 Å². The molecule has 0 bridgehead atoms. The van der Waals surface area contributed by atoms with Gasteiger partial charge in [0.25, 0.3) is 0 Å². The maximum absolute atomic E-state index is 13.7. The van der Waals surface area contributed by atoms with Gasteiger partial charge in [0.2, 0.25) is 0 Å². The van der Waals surface area contributed by atoms with Gasteiger partial charge in [-0.3, -0.25) is 4.98 Å². The Kier molecular flexibility index (Phi) is 3.45. The van der Waals surface area contributed by atoms with Crippen LogP contribution in [0.25, 0.3) is 11.4 Å². The van der Waals surface area contributed by atoms with Crippen molar-refractivity contribution in [2.45, 2.75) is 32.2 Å². The number of imidazole rings is 1. The molecule has 1 unspecified atom stereocenters. The number of fused-ring (bicyclic) bond motifs is 1. The number of nitrogens with zero attached hydrogens (tertiary/aromatic N) is 3. The summed E-state index contributed by atoms with van der Waals surface area (Å²) in [4.78, 5) is 9.12.